The van der Waals surface area contributed by atoms with Gasteiger partial charge in [-0.15, -0.1) is 0 Å². The average molecular weight is 423 g/mol. The number of hydrogen-bond acceptors (Lipinski definition) is 6. The second kappa shape index (κ2) is 10.6. The van der Waals surface area contributed by atoms with Gasteiger partial charge in [-0.1, -0.05) is 18.2 Å². The Kier molecular flexibility index (Phi) is 7.35. The van der Waals surface area contributed by atoms with Gasteiger partial charge in [0.1, 0.15) is 0 Å². The summed E-state index contributed by atoms with van der Waals surface area (Å²) in [6.07, 6.45) is 4.73. The Balaban J connectivity index is 1.15. The van der Waals surface area contributed by atoms with Crippen molar-refractivity contribution in [2.24, 2.45) is 5.92 Å². The minimum absolute atomic E-state index is 0.0206. The van der Waals surface area contributed by atoms with E-state index in [0.29, 0.717) is 6.54 Å². The zero-order chi connectivity index (χ0) is 21.5. The average Bonchev–Trinajstić information content (AvgIpc) is 2.83. The van der Waals surface area contributed by atoms with Crippen LogP contribution in [0, 0.1) is 12.8 Å². The molecule has 7 nitrogen and oxygen atoms in total. The standard InChI is InChI=1S/C24H34N6O/c1-20-10-12-26-24(27-20)30-14-5-7-21(19-30)23(31)25-11-6-13-28-15-17-29(18-16-28)22-8-3-2-4-9-22/h2-4,8-10,12,21H,5-7,11,13-19H2,1H3,(H,25,31). The molecule has 1 aromatic carbocycles. The Bertz CT molecular complexity index is 837. The molecule has 0 radical (unpaired) electrons. The fraction of sp³-hybridized carbons (Fsp3) is 0.542. The number of nitrogens with zero attached hydrogens (tertiary/aromatic N) is 5. The van der Waals surface area contributed by atoms with Gasteiger partial charge in [0.15, 0.2) is 0 Å². The van der Waals surface area contributed by atoms with Gasteiger partial charge in [-0.3, -0.25) is 9.69 Å². The Hall–Kier alpha value is -2.67. The lowest BCUT2D eigenvalue weighted by molar-refractivity contribution is -0.125. The molecule has 1 unspecified atom stereocenters. The first kappa shape index (κ1) is 21.6. The van der Waals surface area contributed by atoms with Crippen LogP contribution in [0.4, 0.5) is 11.6 Å². The summed E-state index contributed by atoms with van der Waals surface area (Å²) in [5.41, 5.74) is 2.27. The van der Waals surface area contributed by atoms with E-state index in [4.69, 9.17) is 0 Å². The third-order valence-corrected chi connectivity index (χ3v) is 6.30. The summed E-state index contributed by atoms with van der Waals surface area (Å²) >= 11 is 0. The van der Waals surface area contributed by atoms with Gasteiger partial charge in [0.2, 0.25) is 11.9 Å². The Labute approximate surface area is 185 Å². The van der Waals surface area contributed by atoms with Crippen LogP contribution in [0.1, 0.15) is 25.0 Å². The zero-order valence-corrected chi connectivity index (χ0v) is 18.5. The number of hydrogen-bond donors (Lipinski definition) is 1. The summed E-state index contributed by atoms with van der Waals surface area (Å²) in [6.45, 7) is 9.67. The topological polar surface area (TPSA) is 64.6 Å². The first-order chi connectivity index (χ1) is 15.2. The molecular weight excluding hydrogens is 388 g/mol. The molecule has 2 saturated heterocycles. The lowest BCUT2D eigenvalue weighted by atomic mass is 9.97. The summed E-state index contributed by atoms with van der Waals surface area (Å²) in [5.74, 6) is 0.936. The second-order valence-corrected chi connectivity index (χ2v) is 8.59. The van der Waals surface area contributed by atoms with Crippen molar-refractivity contribution in [2.75, 3.05) is 62.2 Å². The van der Waals surface area contributed by atoms with Gasteiger partial charge < -0.3 is 15.1 Å². The Morgan fingerprint density at radius 1 is 1.06 bits per heavy atom. The summed E-state index contributed by atoms with van der Waals surface area (Å²) in [7, 11) is 0. The van der Waals surface area contributed by atoms with Crippen molar-refractivity contribution < 1.29 is 4.79 Å². The van der Waals surface area contributed by atoms with Crippen molar-refractivity contribution in [1.82, 2.24) is 20.2 Å². The largest absolute Gasteiger partial charge is 0.369 e. The van der Waals surface area contributed by atoms with Gasteiger partial charge in [-0.2, -0.15) is 0 Å². The number of piperidine rings is 1. The highest BCUT2D eigenvalue weighted by Gasteiger charge is 2.27. The molecule has 31 heavy (non-hydrogen) atoms. The molecule has 1 amide bonds. The molecule has 2 aliphatic heterocycles. The highest BCUT2D eigenvalue weighted by atomic mass is 16.1. The quantitative estimate of drug-likeness (QED) is 0.691. The van der Waals surface area contributed by atoms with Crippen LogP contribution in [0.3, 0.4) is 0 Å². The maximum atomic E-state index is 12.7. The van der Waals surface area contributed by atoms with Gasteiger partial charge >= 0.3 is 0 Å². The van der Waals surface area contributed by atoms with E-state index in [1.807, 2.05) is 13.0 Å². The van der Waals surface area contributed by atoms with Crippen molar-refractivity contribution in [3.05, 3.63) is 48.3 Å². The van der Waals surface area contributed by atoms with Crippen LogP contribution in [-0.4, -0.2) is 73.1 Å². The van der Waals surface area contributed by atoms with Crippen LogP contribution in [-0.2, 0) is 4.79 Å². The van der Waals surface area contributed by atoms with E-state index in [1.54, 1.807) is 6.20 Å². The van der Waals surface area contributed by atoms with Crippen LogP contribution in [0.2, 0.25) is 0 Å². The Morgan fingerprint density at radius 3 is 2.65 bits per heavy atom. The smallest absolute Gasteiger partial charge is 0.225 e. The number of aryl methyl sites for hydroxylation is 1. The van der Waals surface area contributed by atoms with E-state index in [0.717, 1.165) is 76.7 Å². The fourth-order valence-electron chi connectivity index (χ4n) is 4.49. The predicted octanol–water partition coefficient (Wildman–Crippen LogP) is 2.33. The molecule has 2 aliphatic rings. The van der Waals surface area contributed by atoms with Crippen LogP contribution < -0.4 is 15.1 Å². The lowest BCUT2D eigenvalue weighted by Gasteiger charge is -2.36. The first-order valence-corrected chi connectivity index (χ1v) is 11.5. The number of nitrogens with one attached hydrogen (secondary N) is 1. The molecule has 2 aromatic rings. The third kappa shape index (κ3) is 5.94. The molecule has 3 heterocycles. The number of rotatable bonds is 7. The SMILES string of the molecule is Cc1ccnc(N2CCCC(C(=O)NCCCN3CCN(c4ccccc4)CC3)C2)n1. The van der Waals surface area contributed by atoms with Gasteiger partial charge in [-0.25, -0.2) is 9.97 Å². The third-order valence-electron chi connectivity index (χ3n) is 6.30. The maximum Gasteiger partial charge on any atom is 0.225 e. The van der Waals surface area contributed by atoms with Crippen LogP contribution in [0.5, 0.6) is 0 Å². The van der Waals surface area contributed by atoms with E-state index < -0.39 is 0 Å². The van der Waals surface area contributed by atoms with Crippen LogP contribution >= 0.6 is 0 Å². The summed E-state index contributed by atoms with van der Waals surface area (Å²) in [5, 5.41) is 3.17. The van der Waals surface area contributed by atoms with Crippen molar-refractivity contribution >= 4 is 17.5 Å². The molecule has 0 aliphatic carbocycles. The Morgan fingerprint density at radius 2 is 1.87 bits per heavy atom. The van der Waals surface area contributed by atoms with E-state index in [-0.39, 0.29) is 11.8 Å². The molecule has 0 spiro atoms. The molecule has 7 heteroatoms. The molecule has 1 atom stereocenters. The maximum absolute atomic E-state index is 12.7. The number of para-hydroxylation sites is 1. The molecule has 2 fully saturated rings. The lowest BCUT2D eigenvalue weighted by Crippen LogP contribution is -2.47. The highest BCUT2D eigenvalue weighted by Crippen LogP contribution is 2.20. The number of carbonyl (C=O) groups is 1. The van der Waals surface area contributed by atoms with E-state index in [2.05, 4.69) is 60.3 Å². The molecule has 0 saturated carbocycles. The molecule has 1 aromatic heterocycles. The zero-order valence-electron chi connectivity index (χ0n) is 18.5. The van der Waals surface area contributed by atoms with Gasteiger partial charge in [-0.05, 0) is 50.9 Å². The van der Waals surface area contributed by atoms with Gasteiger partial charge in [0, 0.05) is 63.4 Å². The first-order valence-electron chi connectivity index (χ1n) is 11.5. The van der Waals surface area contributed by atoms with Crippen molar-refractivity contribution in [2.45, 2.75) is 26.2 Å². The van der Waals surface area contributed by atoms with E-state index in [1.165, 1.54) is 5.69 Å². The monoisotopic (exact) mass is 422 g/mol. The highest BCUT2D eigenvalue weighted by molar-refractivity contribution is 5.79. The second-order valence-electron chi connectivity index (χ2n) is 8.59. The summed E-state index contributed by atoms with van der Waals surface area (Å²) < 4.78 is 0. The number of carbonyl (C=O) groups excluding carboxylic acids is 1. The number of benzene rings is 1. The molecule has 4 rings (SSSR count). The van der Waals surface area contributed by atoms with Crippen LogP contribution in [0.25, 0.3) is 0 Å². The minimum atomic E-state index is 0.0206. The summed E-state index contributed by atoms with van der Waals surface area (Å²) in [6, 6.07) is 12.5. The molecule has 0 bridgehead atoms. The number of aromatic nitrogens is 2. The number of anilines is 2. The van der Waals surface area contributed by atoms with Gasteiger partial charge in [0.05, 0.1) is 5.92 Å². The normalized spacial score (nSPS) is 20.0. The van der Waals surface area contributed by atoms with Crippen molar-refractivity contribution in [3.63, 3.8) is 0 Å². The molecule has 166 valence electrons. The molecular formula is C24H34N6O. The van der Waals surface area contributed by atoms with Gasteiger partial charge in [0.25, 0.3) is 0 Å². The van der Waals surface area contributed by atoms with E-state index >= 15 is 0 Å². The predicted molar refractivity (Wildman–Crippen MR) is 124 cm³/mol. The van der Waals surface area contributed by atoms with Crippen molar-refractivity contribution in [1.29, 1.82) is 0 Å². The number of piperazine rings is 1. The minimum Gasteiger partial charge on any atom is -0.369 e. The number of amides is 1. The molecule has 1 N–H and O–H groups in total. The van der Waals surface area contributed by atoms with E-state index in [9.17, 15) is 4.79 Å². The fourth-order valence-corrected chi connectivity index (χ4v) is 4.49. The van der Waals surface area contributed by atoms with Crippen molar-refractivity contribution in [3.8, 4) is 0 Å². The summed E-state index contributed by atoms with van der Waals surface area (Å²) in [4.78, 5) is 28.7. The van der Waals surface area contributed by atoms with Crippen LogP contribution in [0.15, 0.2) is 42.6 Å².